The lowest BCUT2D eigenvalue weighted by molar-refractivity contribution is 1.02. The van der Waals surface area contributed by atoms with Gasteiger partial charge in [0.15, 0.2) is 5.82 Å². The van der Waals surface area contributed by atoms with Gasteiger partial charge in [-0.15, -0.1) is 0 Å². The summed E-state index contributed by atoms with van der Waals surface area (Å²) in [7, 11) is 0. The molecule has 0 bridgehead atoms. The molecule has 1 aliphatic heterocycles. The van der Waals surface area contributed by atoms with E-state index in [0.29, 0.717) is 0 Å². The van der Waals surface area contributed by atoms with Crippen LogP contribution in [0.1, 0.15) is 0 Å². The lowest BCUT2D eigenvalue weighted by Crippen LogP contribution is -2.07. The first kappa shape index (κ1) is 30.5. The summed E-state index contributed by atoms with van der Waals surface area (Å²) in [4.78, 5) is 13.3. The molecular formula is C50H30N4S. The molecule has 8 aromatic carbocycles. The number of hydrogen-bond donors (Lipinski definition) is 0. The second kappa shape index (κ2) is 11.8. The largest absolute Gasteiger partial charge is 0.295 e. The molecule has 0 atom stereocenters. The third-order valence-corrected chi connectivity index (χ3v) is 12.3. The highest BCUT2D eigenvalue weighted by Gasteiger charge is 2.30. The standard InChI is InChI=1S/C50H30N4S/c1-3-13-31(14-4-1)32-25-27-34(28-26-32)45-39-30-29-33-15-7-8-18-36(33)46(39)52-49(51-45)40-21-11-23-42-48(40)55-43-24-12-20-38-44-37-19-9-10-22-41(37)53(35-16-5-2-6-17-35)50(44)54(42)47(38)43/h1-30H. The second-order valence-corrected chi connectivity index (χ2v) is 15.2. The highest BCUT2D eigenvalue weighted by atomic mass is 32.2. The normalized spacial score (nSPS) is 12.3. The van der Waals surface area contributed by atoms with Gasteiger partial charge in [-0.2, -0.15) is 0 Å². The Labute approximate surface area is 321 Å². The van der Waals surface area contributed by atoms with E-state index in [1.54, 1.807) is 0 Å². The van der Waals surface area contributed by atoms with Gasteiger partial charge in [-0.25, -0.2) is 9.97 Å². The monoisotopic (exact) mass is 718 g/mol. The molecule has 4 nitrogen and oxygen atoms in total. The van der Waals surface area contributed by atoms with Crippen molar-refractivity contribution in [3.63, 3.8) is 0 Å². The number of nitrogens with zero attached hydrogens (tertiary/aromatic N) is 4. The van der Waals surface area contributed by atoms with Crippen LogP contribution in [0.2, 0.25) is 0 Å². The SMILES string of the molecule is c1ccc(-c2ccc(-c3nc(-c4cccc5c4Sc4cccc6c7c8ccccc8n(-c8ccccc8)c7n-5c46)nc4c3ccc3ccccc34)cc2)cc1. The van der Waals surface area contributed by atoms with Gasteiger partial charge in [0.05, 0.1) is 27.9 Å². The van der Waals surface area contributed by atoms with Crippen LogP contribution in [0.5, 0.6) is 0 Å². The predicted octanol–water partition coefficient (Wildman–Crippen LogP) is 13.3. The van der Waals surface area contributed by atoms with Crippen LogP contribution in [0, 0.1) is 0 Å². The smallest absolute Gasteiger partial charge is 0.161 e. The van der Waals surface area contributed by atoms with Gasteiger partial charge in [0.1, 0.15) is 5.65 Å². The van der Waals surface area contributed by atoms with E-state index < -0.39 is 0 Å². The number of rotatable bonds is 4. The quantitative estimate of drug-likeness (QED) is 0.170. The Morgan fingerprint density at radius 1 is 0.455 bits per heavy atom. The summed E-state index contributed by atoms with van der Waals surface area (Å²) in [6.07, 6.45) is 0. The summed E-state index contributed by atoms with van der Waals surface area (Å²) in [6, 6.07) is 65.1. The summed E-state index contributed by atoms with van der Waals surface area (Å²) in [6.45, 7) is 0. The molecule has 0 unspecified atom stereocenters. The minimum absolute atomic E-state index is 0.720. The molecule has 5 heteroatoms. The van der Waals surface area contributed by atoms with Crippen molar-refractivity contribution in [1.29, 1.82) is 0 Å². The number of hydrogen-bond acceptors (Lipinski definition) is 3. The number of para-hydroxylation sites is 3. The fourth-order valence-electron chi connectivity index (χ4n) is 8.67. The molecule has 0 aliphatic carbocycles. The van der Waals surface area contributed by atoms with Crippen LogP contribution < -0.4 is 0 Å². The zero-order valence-electron chi connectivity index (χ0n) is 29.5. The number of benzene rings is 8. The van der Waals surface area contributed by atoms with E-state index >= 15 is 0 Å². The third kappa shape index (κ3) is 4.48. The van der Waals surface area contributed by atoms with Gasteiger partial charge >= 0.3 is 0 Å². The van der Waals surface area contributed by atoms with Gasteiger partial charge in [0.2, 0.25) is 0 Å². The van der Waals surface area contributed by atoms with Crippen molar-refractivity contribution in [3.05, 3.63) is 182 Å². The fourth-order valence-corrected chi connectivity index (χ4v) is 9.87. The van der Waals surface area contributed by atoms with Gasteiger partial charge in [-0.1, -0.05) is 151 Å². The predicted molar refractivity (Wildman–Crippen MR) is 229 cm³/mol. The lowest BCUT2D eigenvalue weighted by Gasteiger charge is -2.23. The van der Waals surface area contributed by atoms with Crippen LogP contribution in [0.15, 0.2) is 192 Å². The fraction of sp³-hybridized carbons (Fsp3) is 0. The molecule has 0 spiro atoms. The molecular weight excluding hydrogens is 689 g/mol. The van der Waals surface area contributed by atoms with E-state index in [4.69, 9.17) is 9.97 Å². The van der Waals surface area contributed by atoms with Crippen molar-refractivity contribution in [3.8, 4) is 45.1 Å². The third-order valence-electron chi connectivity index (χ3n) is 11.1. The summed E-state index contributed by atoms with van der Waals surface area (Å²) < 4.78 is 4.92. The Hall–Kier alpha value is -6.95. The van der Waals surface area contributed by atoms with Crippen molar-refractivity contribution < 1.29 is 0 Å². The van der Waals surface area contributed by atoms with Crippen LogP contribution in [0.3, 0.4) is 0 Å². The zero-order chi connectivity index (χ0) is 36.0. The molecule has 0 N–H and O–H groups in total. The Balaban J connectivity index is 1.14. The van der Waals surface area contributed by atoms with Crippen LogP contribution >= 0.6 is 11.8 Å². The maximum absolute atomic E-state index is 5.47. The van der Waals surface area contributed by atoms with Crippen molar-refractivity contribution in [2.75, 3.05) is 0 Å². The molecule has 3 aromatic heterocycles. The molecule has 0 amide bonds. The van der Waals surface area contributed by atoms with E-state index in [1.807, 2.05) is 11.8 Å². The second-order valence-electron chi connectivity index (χ2n) is 14.2. The topological polar surface area (TPSA) is 35.6 Å². The minimum atomic E-state index is 0.720. The van der Waals surface area contributed by atoms with Crippen LogP contribution in [0.4, 0.5) is 0 Å². The first-order valence-corrected chi connectivity index (χ1v) is 19.4. The van der Waals surface area contributed by atoms with Crippen LogP contribution in [0.25, 0.3) is 99.7 Å². The highest BCUT2D eigenvalue weighted by Crippen LogP contribution is 2.52. The van der Waals surface area contributed by atoms with Gasteiger partial charge in [-0.05, 0) is 59.0 Å². The van der Waals surface area contributed by atoms with Gasteiger partial charge in [-0.3, -0.25) is 9.13 Å². The van der Waals surface area contributed by atoms with E-state index in [9.17, 15) is 0 Å². The Morgan fingerprint density at radius 3 is 2.00 bits per heavy atom. The Bertz CT molecular complexity index is 3330. The Kier molecular flexibility index (Phi) is 6.53. The van der Waals surface area contributed by atoms with Crippen LogP contribution in [-0.4, -0.2) is 19.1 Å². The maximum Gasteiger partial charge on any atom is 0.161 e. The molecule has 4 heterocycles. The summed E-state index contributed by atoms with van der Waals surface area (Å²) in [5, 5.41) is 7.10. The summed E-state index contributed by atoms with van der Waals surface area (Å²) >= 11 is 1.82. The molecule has 0 saturated heterocycles. The zero-order valence-corrected chi connectivity index (χ0v) is 30.3. The lowest BCUT2D eigenvalue weighted by atomic mass is 9.99. The minimum Gasteiger partial charge on any atom is -0.295 e. The molecule has 1 aliphatic rings. The maximum atomic E-state index is 5.47. The summed E-state index contributed by atoms with van der Waals surface area (Å²) in [5.74, 6) is 0.720. The van der Waals surface area contributed by atoms with E-state index in [-0.39, 0.29) is 0 Å². The first-order chi connectivity index (χ1) is 27.3. The molecule has 0 saturated carbocycles. The average Bonchev–Trinajstić information content (AvgIpc) is 3.78. The van der Waals surface area contributed by atoms with E-state index in [0.717, 1.165) is 66.2 Å². The summed E-state index contributed by atoms with van der Waals surface area (Å²) in [5.41, 5.74) is 12.2. The van der Waals surface area contributed by atoms with Gasteiger partial charge in [0, 0.05) is 53.5 Å². The van der Waals surface area contributed by atoms with Crippen molar-refractivity contribution in [2.24, 2.45) is 0 Å². The molecule has 12 rings (SSSR count). The number of aromatic nitrogens is 4. The van der Waals surface area contributed by atoms with Crippen LogP contribution in [-0.2, 0) is 0 Å². The van der Waals surface area contributed by atoms with E-state index in [2.05, 4.69) is 191 Å². The highest BCUT2D eigenvalue weighted by molar-refractivity contribution is 8.00. The number of fused-ring (bicyclic) bond motifs is 10. The molecule has 0 radical (unpaired) electrons. The van der Waals surface area contributed by atoms with Crippen molar-refractivity contribution >= 4 is 66.3 Å². The molecule has 55 heavy (non-hydrogen) atoms. The van der Waals surface area contributed by atoms with E-state index in [1.165, 1.54) is 43.2 Å². The Morgan fingerprint density at radius 2 is 1.15 bits per heavy atom. The molecule has 11 aromatic rings. The van der Waals surface area contributed by atoms with Gasteiger partial charge < -0.3 is 0 Å². The first-order valence-electron chi connectivity index (χ1n) is 18.6. The molecule has 0 fully saturated rings. The van der Waals surface area contributed by atoms with Gasteiger partial charge in [0.25, 0.3) is 0 Å². The molecule has 256 valence electrons. The van der Waals surface area contributed by atoms with Crippen molar-refractivity contribution in [1.82, 2.24) is 19.1 Å². The van der Waals surface area contributed by atoms with Crippen molar-refractivity contribution in [2.45, 2.75) is 9.79 Å². The average molecular weight is 719 g/mol.